The standard InChI is InChI=1S/C23H29N3O2/c1-5-14-24-21(27)16-19-12-9-13-20(15-19)26(22(28)25-23(2,3)4)17-18-10-7-6-8-11-18/h5-13,15H,1,14,16-17H2,2-4H3,(H,24,27)(H,25,28). The number of carbonyl (C=O) groups is 2. The Bertz CT molecular complexity index is 810. The molecule has 5 nitrogen and oxygen atoms in total. The number of hydrogen-bond donors (Lipinski definition) is 2. The van der Waals surface area contributed by atoms with E-state index in [1.165, 1.54) is 0 Å². The summed E-state index contributed by atoms with van der Waals surface area (Å²) in [6.07, 6.45) is 1.90. The number of carbonyl (C=O) groups excluding carboxylic acids is 2. The molecule has 0 saturated carbocycles. The van der Waals surface area contributed by atoms with Crippen molar-refractivity contribution < 1.29 is 9.59 Å². The van der Waals surface area contributed by atoms with Crippen LogP contribution >= 0.6 is 0 Å². The lowest BCUT2D eigenvalue weighted by Gasteiger charge is -2.29. The molecule has 2 aromatic rings. The van der Waals surface area contributed by atoms with Crippen molar-refractivity contribution in [1.29, 1.82) is 0 Å². The van der Waals surface area contributed by atoms with E-state index in [9.17, 15) is 9.59 Å². The van der Waals surface area contributed by atoms with Crippen LogP contribution in [-0.4, -0.2) is 24.0 Å². The molecule has 148 valence electrons. The number of anilines is 1. The molecule has 5 heteroatoms. The minimum atomic E-state index is -0.353. The van der Waals surface area contributed by atoms with Crippen molar-refractivity contribution in [3.63, 3.8) is 0 Å². The fourth-order valence-corrected chi connectivity index (χ4v) is 2.70. The second-order valence-corrected chi connectivity index (χ2v) is 7.69. The Hall–Kier alpha value is -3.08. The summed E-state index contributed by atoms with van der Waals surface area (Å²) in [6.45, 7) is 10.3. The van der Waals surface area contributed by atoms with Crippen LogP contribution in [0.4, 0.5) is 10.5 Å². The van der Waals surface area contributed by atoms with Crippen LogP contribution in [0, 0.1) is 0 Å². The Balaban J connectivity index is 2.26. The van der Waals surface area contributed by atoms with Crippen LogP contribution in [0.1, 0.15) is 31.9 Å². The van der Waals surface area contributed by atoms with Crippen LogP contribution in [0.2, 0.25) is 0 Å². The van der Waals surface area contributed by atoms with Crippen molar-refractivity contribution >= 4 is 17.6 Å². The summed E-state index contributed by atoms with van der Waals surface area (Å²) in [7, 11) is 0. The van der Waals surface area contributed by atoms with Gasteiger partial charge in [0.1, 0.15) is 0 Å². The Morgan fingerprint density at radius 3 is 2.36 bits per heavy atom. The smallest absolute Gasteiger partial charge is 0.322 e. The fourth-order valence-electron chi connectivity index (χ4n) is 2.70. The molecule has 0 aliphatic carbocycles. The zero-order chi connectivity index (χ0) is 20.6. The molecule has 0 spiro atoms. The zero-order valence-electron chi connectivity index (χ0n) is 16.9. The third-order valence-corrected chi connectivity index (χ3v) is 3.94. The van der Waals surface area contributed by atoms with Gasteiger partial charge in [-0.25, -0.2) is 4.79 Å². The number of nitrogens with one attached hydrogen (secondary N) is 2. The van der Waals surface area contributed by atoms with Gasteiger partial charge in [0.25, 0.3) is 0 Å². The molecule has 2 N–H and O–H groups in total. The quantitative estimate of drug-likeness (QED) is 0.713. The summed E-state index contributed by atoms with van der Waals surface area (Å²) < 4.78 is 0. The number of amides is 3. The summed E-state index contributed by atoms with van der Waals surface area (Å²) in [5.74, 6) is -0.0780. The van der Waals surface area contributed by atoms with Crippen LogP contribution in [0.3, 0.4) is 0 Å². The lowest BCUT2D eigenvalue weighted by atomic mass is 10.1. The first-order valence-corrected chi connectivity index (χ1v) is 9.38. The minimum absolute atomic E-state index is 0.0780. The van der Waals surface area contributed by atoms with E-state index in [-0.39, 0.29) is 23.9 Å². The minimum Gasteiger partial charge on any atom is -0.352 e. The van der Waals surface area contributed by atoms with Crippen molar-refractivity contribution in [2.45, 2.75) is 39.3 Å². The molecule has 0 bridgehead atoms. The van der Waals surface area contributed by atoms with E-state index >= 15 is 0 Å². The number of nitrogens with zero attached hydrogens (tertiary/aromatic N) is 1. The van der Waals surface area contributed by atoms with Gasteiger partial charge in [-0.3, -0.25) is 9.69 Å². The maximum absolute atomic E-state index is 13.0. The molecule has 2 rings (SSSR count). The van der Waals surface area contributed by atoms with Crippen LogP contribution in [0.15, 0.2) is 67.3 Å². The summed E-state index contributed by atoms with van der Waals surface area (Å²) in [5, 5.41) is 5.80. The lowest BCUT2D eigenvalue weighted by Crippen LogP contribution is -2.48. The molecule has 0 fully saturated rings. The fraction of sp³-hybridized carbons (Fsp3) is 0.304. The van der Waals surface area contributed by atoms with Crippen molar-refractivity contribution in [1.82, 2.24) is 10.6 Å². The summed E-state index contributed by atoms with van der Waals surface area (Å²) >= 11 is 0. The van der Waals surface area contributed by atoms with Gasteiger partial charge in [-0.1, -0.05) is 48.5 Å². The SMILES string of the molecule is C=CCNC(=O)Cc1cccc(N(Cc2ccccc2)C(=O)NC(C)(C)C)c1. The molecule has 0 radical (unpaired) electrons. The highest BCUT2D eigenvalue weighted by molar-refractivity contribution is 5.92. The summed E-state index contributed by atoms with van der Waals surface area (Å²) in [5.41, 5.74) is 2.27. The molecule has 0 unspecified atom stereocenters. The largest absolute Gasteiger partial charge is 0.352 e. The molecule has 0 saturated heterocycles. The second-order valence-electron chi connectivity index (χ2n) is 7.69. The van der Waals surface area contributed by atoms with Gasteiger partial charge in [-0.2, -0.15) is 0 Å². The van der Waals surface area contributed by atoms with E-state index in [1.807, 2.05) is 75.4 Å². The van der Waals surface area contributed by atoms with Crippen molar-refractivity contribution in [3.05, 3.63) is 78.4 Å². The number of hydrogen-bond acceptors (Lipinski definition) is 2. The van der Waals surface area contributed by atoms with Gasteiger partial charge < -0.3 is 10.6 Å². The van der Waals surface area contributed by atoms with Gasteiger partial charge >= 0.3 is 6.03 Å². The predicted molar refractivity (Wildman–Crippen MR) is 114 cm³/mol. The number of urea groups is 1. The van der Waals surface area contributed by atoms with E-state index in [2.05, 4.69) is 17.2 Å². The van der Waals surface area contributed by atoms with E-state index in [0.717, 1.165) is 16.8 Å². The van der Waals surface area contributed by atoms with Gasteiger partial charge in [0, 0.05) is 17.8 Å². The molecule has 0 heterocycles. The van der Waals surface area contributed by atoms with Gasteiger partial charge in [-0.05, 0) is 44.0 Å². The summed E-state index contributed by atoms with van der Waals surface area (Å²) in [4.78, 5) is 26.7. The third-order valence-electron chi connectivity index (χ3n) is 3.94. The molecule has 0 aliphatic rings. The van der Waals surface area contributed by atoms with Gasteiger partial charge in [-0.15, -0.1) is 6.58 Å². The number of rotatable bonds is 7. The highest BCUT2D eigenvalue weighted by atomic mass is 16.2. The van der Waals surface area contributed by atoms with E-state index in [4.69, 9.17) is 0 Å². The van der Waals surface area contributed by atoms with Crippen LogP contribution < -0.4 is 15.5 Å². The van der Waals surface area contributed by atoms with Crippen LogP contribution in [-0.2, 0) is 17.8 Å². The van der Waals surface area contributed by atoms with Gasteiger partial charge in [0.2, 0.25) is 5.91 Å². The molecule has 0 aromatic heterocycles. The molecule has 28 heavy (non-hydrogen) atoms. The normalized spacial score (nSPS) is 10.8. The highest BCUT2D eigenvalue weighted by Crippen LogP contribution is 2.20. The summed E-state index contributed by atoms with van der Waals surface area (Å²) in [6, 6.07) is 17.2. The van der Waals surface area contributed by atoms with Crippen molar-refractivity contribution in [3.8, 4) is 0 Å². The average molecular weight is 380 g/mol. The van der Waals surface area contributed by atoms with Gasteiger partial charge in [0.05, 0.1) is 13.0 Å². The molecule has 2 aromatic carbocycles. The Morgan fingerprint density at radius 2 is 1.71 bits per heavy atom. The monoisotopic (exact) mass is 379 g/mol. The average Bonchev–Trinajstić information content (AvgIpc) is 2.64. The zero-order valence-corrected chi connectivity index (χ0v) is 16.9. The Labute approximate surface area is 167 Å². The van der Waals surface area contributed by atoms with E-state index in [1.54, 1.807) is 11.0 Å². The lowest BCUT2D eigenvalue weighted by molar-refractivity contribution is -0.120. The van der Waals surface area contributed by atoms with E-state index in [0.29, 0.717) is 13.1 Å². The molecule has 0 atom stereocenters. The molecule has 0 aliphatic heterocycles. The highest BCUT2D eigenvalue weighted by Gasteiger charge is 2.21. The molecule has 3 amide bonds. The first-order chi connectivity index (χ1) is 13.3. The van der Waals surface area contributed by atoms with Crippen LogP contribution in [0.5, 0.6) is 0 Å². The number of benzene rings is 2. The first-order valence-electron chi connectivity index (χ1n) is 9.38. The Kier molecular flexibility index (Phi) is 7.38. The van der Waals surface area contributed by atoms with Crippen molar-refractivity contribution in [2.75, 3.05) is 11.4 Å². The maximum atomic E-state index is 13.0. The van der Waals surface area contributed by atoms with Gasteiger partial charge in [0.15, 0.2) is 0 Å². The van der Waals surface area contributed by atoms with Crippen LogP contribution in [0.25, 0.3) is 0 Å². The van der Waals surface area contributed by atoms with Crippen molar-refractivity contribution in [2.24, 2.45) is 0 Å². The Morgan fingerprint density at radius 1 is 1.04 bits per heavy atom. The topological polar surface area (TPSA) is 61.4 Å². The molecular formula is C23H29N3O2. The first kappa shape index (κ1) is 21.2. The second kappa shape index (κ2) is 9.74. The third kappa shape index (κ3) is 6.91. The predicted octanol–water partition coefficient (Wildman–Crippen LogP) is 4.05. The molecular weight excluding hydrogens is 350 g/mol. The van der Waals surface area contributed by atoms with E-state index < -0.39 is 0 Å². The maximum Gasteiger partial charge on any atom is 0.322 e.